The molecule has 2 rings (SSSR count). The summed E-state index contributed by atoms with van der Waals surface area (Å²) >= 11 is 12.2. The van der Waals surface area contributed by atoms with Crippen LogP contribution in [0.2, 0.25) is 10.0 Å². The molecule has 0 amide bonds. The topological polar surface area (TPSA) is 26.0 Å². The molecular formula is C15H15Cl2N. The molecule has 0 aliphatic rings. The van der Waals surface area contributed by atoms with E-state index in [1.807, 2.05) is 31.2 Å². The van der Waals surface area contributed by atoms with Gasteiger partial charge < -0.3 is 5.73 Å². The normalized spacial score (nSPS) is 10.7. The van der Waals surface area contributed by atoms with Crippen LogP contribution in [0.15, 0.2) is 30.3 Å². The predicted molar refractivity (Wildman–Crippen MR) is 79.3 cm³/mol. The highest BCUT2D eigenvalue weighted by molar-refractivity contribution is 6.32. The summed E-state index contributed by atoms with van der Waals surface area (Å²) in [5.41, 5.74) is 11.2. The molecule has 0 fully saturated rings. The third-order valence-electron chi connectivity index (χ3n) is 3.08. The first-order valence-corrected chi connectivity index (χ1v) is 6.54. The Morgan fingerprint density at radius 1 is 0.944 bits per heavy atom. The Morgan fingerprint density at radius 3 is 2.33 bits per heavy atom. The zero-order valence-electron chi connectivity index (χ0n) is 10.4. The van der Waals surface area contributed by atoms with Gasteiger partial charge in [0.15, 0.2) is 0 Å². The average Bonchev–Trinajstić information content (AvgIpc) is 2.35. The summed E-state index contributed by atoms with van der Waals surface area (Å²) in [7, 11) is 0. The van der Waals surface area contributed by atoms with E-state index in [-0.39, 0.29) is 0 Å². The molecule has 0 aliphatic heterocycles. The Bertz CT molecular complexity index is 591. The number of nitrogens with two attached hydrogens (primary N) is 1. The lowest BCUT2D eigenvalue weighted by molar-refractivity contribution is 1.07. The summed E-state index contributed by atoms with van der Waals surface area (Å²) in [6.45, 7) is 4.50. The van der Waals surface area contributed by atoms with Crippen LogP contribution in [-0.2, 0) is 6.54 Å². The molecular weight excluding hydrogens is 265 g/mol. The predicted octanol–water partition coefficient (Wildman–Crippen LogP) is 4.74. The summed E-state index contributed by atoms with van der Waals surface area (Å²) in [5, 5.41) is 1.51. The van der Waals surface area contributed by atoms with Gasteiger partial charge >= 0.3 is 0 Å². The van der Waals surface area contributed by atoms with E-state index in [0.717, 1.165) is 27.3 Å². The molecule has 94 valence electrons. The van der Waals surface area contributed by atoms with E-state index in [1.54, 1.807) is 0 Å². The van der Waals surface area contributed by atoms with Gasteiger partial charge in [-0.05, 0) is 65.9 Å². The van der Waals surface area contributed by atoms with Crippen LogP contribution >= 0.6 is 23.2 Å². The molecule has 0 aromatic heterocycles. The van der Waals surface area contributed by atoms with Crippen molar-refractivity contribution < 1.29 is 0 Å². The molecule has 0 bridgehead atoms. The molecule has 0 atom stereocenters. The minimum Gasteiger partial charge on any atom is -0.326 e. The molecule has 0 saturated heterocycles. The van der Waals surface area contributed by atoms with E-state index in [4.69, 9.17) is 28.9 Å². The smallest absolute Gasteiger partial charge is 0.0451 e. The van der Waals surface area contributed by atoms with Crippen molar-refractivity contribution in [2.75, 3.05) is 0 Å². The first kappa shape index (κ1) is 13.4. The third kappa shape index (κ3) is 2.54. The van der Waals surface area contributed by atoms with Gasteiger partial charge in [-0.3, -0.25) is 0 Å². The Labute approximate surface area is 118 Å². The fourth-order valence-electron chi connectivity index (χ4n) is 1.99. The molecule has 2 aromatic carbocycles. The van der Waals surface area contributed by atoms with Gasteiger partial charge in [0.2, 0.25) is 0 Å². The van der Waals surface area contributed by atoms with Gasteiger partial charge in [0.25, 0.3) is 0 Å². The molecule has 3 heteroatoms. The Balaban J connectivity index is 2.58. The summed E-state index contributed by atoms with van der Waals surface area (Å²) in [6.07, 6.45) is 0. The maximum Gasteiger partial charge on any atom is 0.0451 e. The molecule has 0 spiro atoms. The number of hydrogen-bond donors (Lipinski definition) is 1. The van der Waals surface area contributed by atoms with Crippen molar-refractivity contribution in [3.63, 3.8) is 0 Å². The number of rotatable bonds is 2. The highest BCUT2D eigenvalue weighted by atomic mass is 35.5. The number of benzene rings is 2. The molecule has 0 radical (unpaired) electrons. The fourth-order valence-corrected chi connectivity index (χ4v) is 2.40. The van der Waals surface area contributed by atoms with E-state index < -0.39 is 0 Å². The maximum atomic E-state index is 6.12. The van der Waals surface area contributed by atoms with Crippen LogP contribution in [0.5, 0.6) is 0 Å². The van der Waals surface area contributed by atoms with Gasteiger partial charge in [0.1, 0.15) is 0 Å². The van der Waals surface area contributed by atoms with Crippen molar-refractivity contribution in [1.29, 1.82) is 0 Å². The Kier molecular flexibility index (Phi) is 3.96. The van der Waals surface area contributed by atoms with Crippen molar-refractivity contribution in [2.24, 2.45) is 5.73 Å². The van der Waals surface area contributed by atoms with Crippen LogP contribution in [-0.4, -0.2) is 0 Å². The second kappa shape index (κ2) is 5.31. The maximum absolute atomic E-state index is 6.12. The number of halogens is 2. The van der Waals surface area contributed by atoms with Crippen molar-refractivity contribution in [3.05, 3.63) is 57.1 Å². The second-order valence-electron chi connectivity index (χ2n) is 4.43. The summed E-state index contributed by atoms with van der Waals surface area (Å²) in [5.74, 6) is 0. The molecule has 1 nitrogen and oxygen atoms in total. The first-order chi connectivity index (χ1) is 8.52. The molecule has 18 heavy (non-hydrogen) atoms. The molecule has 0 aliphatic carbocycles. The van der Waals surface area contributed by atoms with E-state index in [9.17, 15) is 0 Å². The lowest BCUT2D eigenvalue weighted by atomic mass is 9.97. The third-order valence-corrected chi connectivity index (χ3v) is 3.86. The molecule has 0 unspecified atom stereocenters. The van der Waals surface area contributed by atoms with E-state index in [1.165, 1.54) is 5.56 Å². The molecule has 2 N–H and O–H groups in total. The van der Waals surface area contributed by atoms with Gasteiger partial charge in [-0.2, -0.15) is 0 Å². The first-order valence-electron chi connectivity index (χ1n) is 5.78. The number of aryl methyl sites for hydroxylation is 2. The highest BCUT2D eigenvalue weighted by Crippen LogP contribution is 2.31. The Morgan fingerprint density at radius 2 is 1.67 bits per heavy atom. The van der Waals surface area contributed by atoms with Crippen LogP contribution < -0.4 is 5.73 Å². The summed E-state index contributed by atoms with van der Waals surface area (Å²) < 4.78 is 0. The average molecular weight is 280 g/mol. The van der Waals surface area contributed by atoms with Crippen molar-refractivity contribution in [1.82, 2.24) is 0 Å². The molecule has 0 saturated carbocycles. The van der Waals surface area contributed by atoms with Crippen molar-refractivity contribution in [2.45, 2.75) is 20.4 Å². The standard InChI is InChI=1S/C15H15Cl2N/c1-9-6-15(17)10(2)5-13(9)11-3-4-14(16)12(7-11)8-18/h3-7H,8,18H2,1-2H3. The largest absolute Gasteiger partial charge is 0.326 e. The van der Waals surface area contributed by atoms with E-state index in [2.05, 4.69) is 13.0 Å². The van der Waals surface area contributed by atoms with E-state index >= 15 is 0 Å². The quantitative estimate of drug-likeness (QED) is 0.845. The van der Waals surface area contributed by atoms with Gasteiger partial charge in [0.05, 0.1) is 0 Å². The highest BCUT2D eigenvalue weighted by Gasteiger charge is 2.07. The minimum absolute atomic E-state index is 0.443. The van der Waals surface area contributed by atoms with Crippen LogP contribution in [0.3, 0.4) is 0 Å². The van der Waals surface area contributed by atoms with Gasteiger partial charge in [0, 0.05) is 16.6 Å². The fraction of sp³-hybridized carbons (Fsp3) is 0.200. The zero-order chi connectivity index (χ0) is 13.3. The van der Waals surface area contributed by atoms with Crippen molar-refractivity contribution in [3.8, 4) is 11.1 Å². The molecule has 0 heterocycles. The minimum atomic E-state index is 0.443. The summed E-state index contributed by atoms with van der Waals surface area (Å²) in [4.78, 5) is 0. The monoisotopic (exact) mass is 279 g/mol. The van der Waals surface area contributed by atoms with Crippen LogP contribution in [0.1, 0.15) is 16.7 Å². The van der Waals surface area contributed by atoms with Gasteiger partial charge in [-0.1, -0.05) is 29.3 Å². The summed E-state index contributed by atoms with van der Waals surface area (Å²) in [6, 6.07) is 10.0. The SMILES string of the molecule is Cc1cc(-c2ccc(Cl)c(CN)c2)c(C)cc1Cl. The second-order valence-corrected chi connectivity index (χ2v) is 5.24. The van der Waals surface area contributed by atoms with Gasteiger partial charge in [-0.15, -0.1) is 0 Å². The van der Waals surface area contributed by atoms with Crippen molar-refractivity contribution >= 4 is 23.2 Å². The van der Waals surface area contributed by atoms with Gasteiger partial charge in [-0.25, -0.2) is 0 Å². The van der Waals surface area contributed by atoms with Crippen LogP contribution in [0, 0.1) is 13.8 Å². The van der Waals surface area contributed by atoms with Crippen LogP contribution in [0.25, 0.3) is 11.1 Å². The Hall–Kier alpha value is -1.02. The van der Waals surface area contributed by atoms with Crippen LogP contribution in [0.4, 0.5) is 0 Å². The lowest BCUT2D eigenvalue weighted by Gasteiger charge is -2.11. The van der Waals surface area contributed by atoms with E-state index in [0.29, 0.717) is 11.6 Å². The molecule has 2 aromatic rings. The zero-order valence-corrected chi connectivity index (χ0v) is 11.9. The lowest BCUT2D eigenvalue weighted by Crippen LogP contribution is -1.97. The number of hydrogen-bond acceptors (Lipinski definition) is 1.